The van der Waals surface area contributed by atoms with Crippen molar-refractivity contribution < 1.29 is 9.53 Å². The number of methoxy groups -OCH3 is 1. The van der Waals surface area contributed by atoms with Crippen LogP contribution in [0.5, 0.6) is 5.75 Å². The van der Waals surface area contributed by atoms with Gasteiger partial charge in [0.05, 0.1) is 24.7 Å². The van der Waals surface area contributed by atoms with Crippen LogP contribution in [0.4, 0.5) is 11.4 Å². The lowest BCUT2D eigenvalue weighted by molar-refractivity contribution is 0.0975. The molecule has 1 amide bonds. The Morgan fingerprint density at radius 2 is 1.69 bits per heavy atom. The lowest BCUT2D eigenvalue weighted by Gasteiger charge is -2.38. The third-order valence-electron chi connectivity index (χ3n) is 6.32. The van der Waals surface area contributed by atoms with E-state index < -0.39 is 6.17 Å². The number of benzene rings is 4. The van der Waals surface area contributed by atoms with Gasteiger partial charge in [0.1, 0.15) is 17.4 Å². The molecule has 0 spiro atoms. The maximum absolute atomic E-state index is 13.7. The van der Waals surface area contributed by atoms with Crippen LogP contribution >= 0.6 is 0 Å². The summed E-state index contributed by atoms with van der Waals surface area (Å²) in [5, 5.41) is 12.2. The molecule has 1 aliphatic rings. The molecule has 5 aromatic rings. The largest absolute Gasteiger partial charge is 0.496 e. The number of carbonyl (C=O) groups excluding carboxylic acids is 1. The number of fused-ring (bicyclic) bond motifs is 2. The van der Waals surface area contributed by atoms with Gasteiger partial charge in [-0.1, -0.05) is 53.7 Å². The first-order valence-electron chi connectivity index (χ1n) is 11.4. The van der Waals surface area contributed by atoms with Crippen LogP contribution in [0.3, 0.4) is 0 Å². The molecule has 1 N–H and O–H groups in total. The Morgan fingerprint density at radius 1 is 0.914 bits per heavy atom. The van der Waals surface area contributed by atoms with Crippen LogP contribution in [0.1, 0.15) is 27.7 Å². The summed E-state index contributed by atoms with van der Waals surface area (Å²) in [6.45, 7) is 0.486. The summed E-state index contributed by atoms with van der Waals surface area (Å²) in [5.74, 6) is 0.706. The molecule has 2 heterocycles. The van der Waals surface area contributed by atoms with Crippen molar-refractivity contribution >= 4 is 28.3 Å². The maximum Gasteiger partial charge on any atom is 0.262 e. The van der Waals surface area contributed by atoms with E-state index in [1.165, 1.54) is 0 Å². The summed E-state index contributed by atoms with van der Waals surface area (Å²) in [6.07, 6.45) is -0.392. The van der Waals surface area contributed by atoms with Crippen molar-refractivity contribution in [3.05, 3.63) is 114 Å². The quantitative estimate of drug-likeness (QED) is 0.387. The highest BCUT2D eigenvalue weighted by Gasteiger charge is 2.34. The zero-order valence-corrected chi connectivity index (χ0v) is 19.1. The Hall–Kier alpha value is -4.65. The van der Waals surface area contributed by atoms with E-state index in [1.54, 1.807) is 12.0 Å². The van der Waals surface area contributed by atoms with E-state index >= 15 is 0 Å². The van der Waals surface area contributed by atoms with Gasteiger partial charge in [-0.3, -0.25) is 9.69 Å². The number of nitrogens with one attached hydrogen (secondary N) is 1. The van der Waals surface area contributed by atoms with Crippen molar-refractivity contribution in [3.63, 3.8) is 0 Å². The van der Waals surface area contributed by atoms with Crippen LogP contribution in [-0.4, -0.2) is 28.0 Å². The lowest BCUT2D eigenvalue weighted by Crippen LogP contribution is -2.43. The number of rotatable bonds is 5. The predicted molar refractivity (Wildman–Crippen MR) is 136 cm³/mol. The normalized spacial score (nSPS) is 15.1. The van der Waals surface area contributed by atoms with Gasteiger partial charge >= 0.3 is 0 Å². The standard InChI is InChI=1S/C28H23N5O2/c1-35-26-16-15-19(17-20(26)18-32-25-14-8-7-13-24(25)30-31-32)27-29-23-12-6-5-11-22(23)28(34)33(27)21-9-3-2-4-10-21/h2-17,27,29H,18H2,1H3/t27-/m1/s1. The monoisotopic (exact) mass is 461 g/mol. The van der Waals surface area contributed by atoms with Gasteiger partial charge in [0, 0.05) is 16.9 Å². The summed E-state index contributed by atoms with van der Waals surface area (Å²) < 4.78 is 7.54. The van der Waals surface area contributed by atoms with E-state index in [0.717, 1.165) is 39.3 Å². The highest BCUT2D eigenvalue weighted by molar-refractivity contribution is 6.12. The Morgan fingerprint density at radius 3 is 2.54 bits per heavy atom. The molecule has 6 rings (SSSR count). The van der Waals surface area contributed by atoms with Crippen LogP contribution in [0.15, 0.2) is 97.1 Å². The van der Waals surface area contributed by atoms with Crippen molar-refractivity contribution in [1.82, 2.24) is 15.0 Å². The molecule has 0 radical (unpaired) electrons. The second kappa shape index (κ2) is 8.61. The SMILES string of the molecule is COc1ccc([C@@H]2Nc3ccccc3C(=O)N2c2ccccc2)cc1Cn1nnc2ccccc21. The first-order chi connectivity index (χ1) is 17.2. The molecule has 0 saturated heterocycles. The average Bonchev–Trinajstić information content (AvgIpc) is 3.32. The van der Waals surface area contributed by atoms with Crippen molar-refractivity contribution in [2.24, 2.45) is 0 Å². The molecule has 0 aliphatic carbocycles. The fraction of sp³-hybridized carbons (Fsp3) is 0.107. The molecule has 35 heavy (non-hydrogen) atoms. The van der Waals surface area contributed by atoms with Gasteiger partial charge in [0.15, 0.2) is 0 Å². The van der Waals surface area contributed by atoms with Crippen LogP contribution in [0.2, 0.25) is 0 Å². The molecule has 172 valence electrons. The third kappa shape index (κ3) is 3.67. The first kappa shape index (κ1) is 20.9. The maximum atomic E-state index is 13.7. The Kier molecular flexibility index (Phi) is 5.15. The van der Waals surface area contributed by atoms with Crippen molar-refractivity contribution in [2.45, 2.75) is 12.7 Å². The zero-order valence-electron chi connectivity index (χ0n) is 19.1. The predicted octanol–water partition coefficient (Wildman–Crippen LogP) is 5.26. The van der Waals surface area contributed by atoms with Crippen molar-refractivity contribution in [1.29, 1.82) is 0 Å². The van der Waals surface area contributed by atoms with E-state index in [1.807, 2.05) is 95.7 Å². The number of hydrogen-bond donors (Lipinski definition) is 1. The molecule has 1 atom stereocenters. The van der Waals surface area contributed by atoms with Gasteiger partial charge in [-0.25, -0.2) is 4.68 Å². The summed E-state index contributed by atoms with van der Waals surface area (Å²) in [6, 6.07) is 31.2. The van der Waals surface area contributed by atoms with E-state index in [-0.39, 0.29) is 5.91 Å². The molecular weight excluding hydrogens is 438 g/mol. The fourth-order valence-electron chi connectivity index (χ4n) is 4.63. The molecule has 7 nitrogen and oxygen atoms in total. The Balaban J connectivity index is 1.44. The fourth-order valence-corrected chi connectivity index (χ4v) is 4.63. The van der Waals surface area contributed by atoms with Crippen molar-refractivity contribution in [2.75, 3.05) is 17.3 Å². The van der Waals surface area contributed by atoms with E-state index in [9.17, 15) is 4.79 Å². The highest BCUT2D eigenvalue weighted by atomic mass is 16.5. The van der Waals surface area contributed by atoms with Gasteiger partial charge in [0.2, 0.25) is 0 Å². The zero-order chi connectivity index (χ0) is 23.8. The number of nitrogens with zero attached hydrogens (tertiary/aromatic N) is 4. The lowest BCUT2D eigenvalue weighted by atomic mass is 10.0. The van der Waals surface area contributed by atoms with Crippen LogP contribution in [0.25, 0.3) is 11.0 Å². The van der Waals surface area contributed by atoms with E-state index in [4.69, 9.17) is 4.74 Å². The minimum Gasteiger partial charge on any atom is -0.496 e. The van der Waals surface area contributed by atoms with Gasteiger partial charge in [-0.15, -0.1) is 5.10 Å². The van der Waals surface area contributed by atoms with Gasteiger partial charge in [0.25, 0.3) is 5.91 Å². The van der Waals surface area contributed by atoms with Gasteiger partial charge in [-0.2, -0.15) is 0 Å². The summed E-state index contributed by atoms with van der Waals surface area (Å²) >= 11 is 0. The number of para-hydroxylation sites is 3. The Bertz CT molecular complexity index is 1530. The van der Waals surface area contributed by atoms with E-state index in [2.05, 4.69) is 21.7 Å². The van der Waals surface area contributed by atoms with Crippen LogP contribution in [-0.2, 0) is 6.54 Å². The Labute approximate surface area is 202 Å². The second-order valence-corrected chi connectivity index (χ2v) is 8.41. The average molecular weight is 462 g/mol. The first-order valence-corrected chi connectivity index (χ1v) is 11.4. The second-order valence-electron chi connectivity index (χ2n) is 8.41. The molecule has 7 heteroatoms. The molecular formula is C28H23N5O2. The summed E-state index contributed by atoms with van der Waals surface area (Å²) in [5.41, 5.74) is 5.97. The molecule has 0 unspecified atom stereocenters. The number of amides is 1. The highest BCUT2D eigenvalue weighted by Crippen LogP contribution is 2.37. The molecule has 0 bridgehead atoms. The summed E-state index contributed by atoms with van der Waals surface area (Å²) in [4.78, 5) is 15.5. The van der Waals surface area contributed by atoms with E-state index in [0.29, 0.717) is 12.1 Å². The number of aromatic nitrogens is 3. The van der Waals surface area contributed by atoms with Crippen LogP contribution < -0.4 is 15.0 Å². The number of carbonyl (C=O) groups is 1. The number of hydrogen-bond acceptors (Lipinski definition) is 5. The molecule has 0 saturated carbocycles. The van der Waals surface area contributed by atoms with Crippen LogP contribution in [0, 0.1) is 0 Å². The third-order valence-corrected chi connectivity index (χ3v) is 6.32. The smallest absolute Gasteiger partial charge is 0.262 e. The molecule has 0 fully saturated rings. The summed E-state index contributed by atoms with van der Waals surface area (Å²) in [7, 11) is 1.66. The topological polar surface area (TPSA) is 72.3 Å². The molecule has 4 aromatic carbocycles. The van der Waals surface area contributed by atoms with Crippen molar-refractivity contribution in [3.8, 4) is 5.75 Å². The minimum atomic E-state index is -0.392. The number of anilines is 2. The van der Waals surface area contributed by atoms with Gasteiger partial charge < -0.3 is 10.1 Å². The number of ether oxygens (including phenoxy) is 1. The minimum absolute atomic E-state index is 0.0461. The van der Waals surface area contributed by atoms with Gasteiger partial charge in [-0.05, 0) is 54.1 Å². The molecule has 1 aromatic heterocycles. The molecule has 1 aliphatic heterocycles.